The van der Waals surface area contributed by atoms with E-state index in [9.17, 15) is 9.59 Å². The Balaban J connectivity index is 1.26. The highest BCUT2D eigenvalue weighted by atomic mass is 16.2. The van der Waals surface area contributed by atoms with Gasteiger partial charge >= 0.3 is 0 Å². The first-order valence-electron chi connectivity index (χ1n) is 9.58. The summed E-state index contributed by atoms with van der Waals surface area (Å²) in [5.41, 5.74) is 3.79. The first-order valence-corrected chi connectivity index (χ1v) is 9.58. The Morgan fingerprint density at radius 3 is 2.15 bits per heavy atom. The predicted molar refractivity (Wildman–Crippen MR) is 104 cm³/mol. The van der Waals surface area contributed by atoms with E-state index in [0.29, 0.717) is 17.7 Å². The molecule has 140 valence electrons. The monoisotopic (exact) mass is 363 g/mol. The third kappa shape index (κ3) is 3.66. The maximum Gasteiger partial charge on any atom is 0.261 e. The number of aryl methyl sites for hydroxylation is 1. The molecule has 0 N–H and O–H groups in total. The zero-order valence-electron chi connectivity index (χ0n) is 15.7. The second-order valence-electron chi connectivity index (χ2n) is 7.40. The molecule has 2 heterocycles. The SMILES string of the molecule is Cc1ccccc1CN1CCN(CCCN2C(=O)c3ccccc3C2=O)C1. The normalized spacial score (nSPS) is 17.7. The molecule has 0 spiro atoms. The van der Waals surface area contributed by atoms with Gasteiger partial charge in [0.15, 0.2) is 0 Å². The first kappa shape index (κ1) is 17.9. The molecule has 2 amide bonds. The Hall–Kier alpha value is -2.50. The zero-order valence-corrected chi connectivity index (χ0v) is 15.7. The predicted octanol–water partition coefficient (Wildman–Crippen LogP) is 2.76. The van der Waals surface area contributed by atoms with Crippen molar-refractivity contribution in [2.45, 2.75) is 19.9 Å². The van der Waals surface area contributed by atoms with Gasteiger partial charge in [-0.1, -0.05) is 36.4 Å². The minimum Gasteiger partial charge on any atom is -0.289 e. The van der Waals surface area contributed by atoms with E-state index in [0.717, 1.165) is 39.3 Å². The van der Waals surface area contributed by atoms with E-state index in [-0.39, 0.29) is 11.8 Å². The van der Waals surface area contributed by atoms with Crippen LogP contribution in [0.3, 0.4) is 0 Å². The quantitative estimate of drug-likeness (QED) is 0.741. The van der Waals surface area contributed by atoms with Crippen LogP contribution in [0.4, 0.5) is 0 Å². The van der Waals surface area contributed by atoms with Crippen LogP contribution in [-0.4, -0.2) is 59.4 Å². The van der Waals surface area contributed by atoms with E-state index in [2.05, 4.69) is 41.0 Å². The third-order valence-corrected chi connectivity index (χ3v) is 5.52. The molecule has 1 saturated heterocycles. The number of fused-ring (bicyclic) bond motifs is 1. The number of amides is 2. The summed E-state index contributed by atoms with van der Waals surface area (Å²) in [6.45, 7) is 7.55. The lowest BCUT2D eigenvalue weighted by atomic mass is 10.1. The number of imide groups is 1. The van der Waals surface area contributed by atoms with E-state index >= 15 is 0 Å². The number of carbonyl (C=O) groups is 2. The van der Waals surface area contributed by atoms with Crippen LogP contribution in [-0.2, 0) is 6.54 Å². The van der Waals surface area contributed by atoms with E-state index in [1.807, 2.05) is 0 Å². The van der Waals surface area contributed by atoms with Gasteiger partial charge in [-0.15, -0.1) is 0 Å². The van der Waals surface area contributed by atoms with Crippen molar-refractivity contribution in [2.24, 2.45) is 0 Å². The Morgan fingerprint density at radius 1 is 0.815 bits per heavy atom. The van der Waals surface area contributed by atoms with E-state index < -0.39 is 0 Å². The van der Waals surface area contributed by atoms with Crippen molar-refractivity contribution in [1.29, 1.82) is 0 Å². The Labute approximate surface area is 160 Å². The number of hydrogen-bond donors (Lipinski definition) is 0. The smallest absolute Gasteiger partial charge is 0.261 e. The van der Waals surface area contributed by atoms with E-state index in [1.54, 1.807) is 24.3 Å². The summed E-state index contributed by atoms with van der Waals surface area (Å²) in [6.07, 6.45) is 0.809. The van der Waals surface area contributed by atoms with Crippen LogP contribution in [0.15, 0.2) is 48.5 Å². The van der Waals surface area contributed by atoms with Crippen molar-refractivity contribution in [1.82, 2.24) is 14.7 Å². The molecular weight excluding hydrogens is 338 g/mol. The van der Waals surface area contributed by atoms with Gasteiger partial charge in [-0.3, -0.25) is 24.3 Å². The van der Waals surface area contributed by atoms with Gasteiger partial charge in [-0.05, 0) is 36.6 Å². The number of carbonyl (C=O) groups excluding carboxylic acids is 2. The Morgan fingerprint density at radius 2 is 1.44 bits per heavy atom. The average molecular weight is 363 g/mol. The molecule has 0 radical (unpaired) electrons. The summed E-state index contributed by atoms with van der Waals surface area (Å²) < 4.78 is 0. The lowest BCUT2D eigenvalue weighted by Crippen LogP contribution is -2.33. The fourth-order valence-electron chi connectivity index (χ4n) is 3.94. The summed E-state index contributed by atoms with van der Waals surface area (Å²) in [5.74, 6) is -0.309. The second-order valence-corrected chi connectivity index (χ2v) is 7.40. The van der Waals surface area contributed by atoms with Crippen molar-refractivity contribution in [3.63, 3.8) is 0 Å². The molecule has 0 saturated carbocycles. The molecule has 0 aliphatic carbocycles. The van der Waals surface area contributed by atoms with Gasteiger partial charge in [0.1, 0.15) is 0 Å². The molecule has 2 aromatic carbocycles. The van der Waals surface area contributed by atoms with Gasteiger partial charge in [-0.2, -0.15) is 0 Å². The molecule has 0 aromatic heterocycles. The molecular formula is C22H25N3O2. The lowest BCUT2D eigenvalue weighted by molar-refractivity contribution is 0.0647. The highest BCUT2D eigenvalue weighted by Crippen LogP contribution is 2.22. The molecule has 2 aliphatic heterocycles. The minimum atomic E-state index is -0.154. The zero-order chi connectivity index (χ0) is 18.8. The van der Waals surface area contributed by atoms with Gasteiger partial charge in [0.25, 0.3) is 11.8 Å². The van der Waals surface area contributed by atoms with Crippen LogP contribution in [0.1, 0.15) is 38.3 Å². The highest BCUT2D eigenvalue weighted by Gasteiger charge is 2.34. The third-order valence-electron chi connectivity index (χ3n) is 5.52. The molecule has 27 heavy (non-hydrogen) atoms. The minimum absolute atomic E-state index is 0.154. The van der Waals surface area contributed by atoms with Crippen molar-refractivity contribution >= 4 is 11.8 Å². The van der Waals surface area contributed by atoms with Crippen LogP contribution in [0.25, 0.3) is 0 Å². The van der Waals surface area contributed by atoms with Crippen molar-refractivity contribution in [3.05, 3.63) is 70.8 Å². The van der Waals surface area contributed by atoms with Gasteiger partial charge in [-0.25, -0.2) is 0 Å². The van der Waals surface area contributed by atoms with Crippen molar-refractivity contribution < 1.29 is 9.59 Å². The summed E-state index contributed by atoms with van der Waals surface area (Å²) in [6, 6.07) is 15.6. The average Bonchev–Trinajstić information content (AvgIpc) is 3.22. The fourth-order valence-corrected chi connectivity index (χ4v) is 3.94. The molecule has 0 atom stereocenters. The van der Waals surface area contributed by atoms with Crippen LogP contribution in [0, 0.1) is 6.92 Å². The Bertz CT molecular complexity index is 829. The second kappa shape index (κ2) is 7.62. The molecule has 2 aliphatic rings. The molecule has 2 aromatic rings. The van der Waals surface area contributed by atoms with Gasteiger partial charge in [0.2, 0.25) is 0 Å². The summed E-state index contributed by atoms with van der Waals surface area (Å²) in [4.78, 5) is 31.1. The lowest BCUT2D eigenvalue weighted by Gasteiger charge is -2.20. The van der Waals surface area contributed by atoms with Gasteiger partial charge in [0, 0.05) is 32.7 Å². The Kier molecular flexibility index (Phi) is 5.05. The molecule has 5 heteroatoms. The van der Waals surface area contributed by atoms with E-state index in [4.69, 9.17) is 0 Å². The molecule has 1 fully saturated rings. The topological polar surface area (TPSA) is 43.9 Å². The highest BCUT2D eigenvalue weighted by molar-refractivity contribution is 6.21. The number of nitrogens with zero attached hydrogens (tertiary/aromatic N) is 3. The summed E-state index contributed by atoms with van der Waals surface area (Å²) in [5, 5.41) is 0. The van der Waals surface area contributed by atoms with Crippen LogP contribution >= 0.6 is 0 Å². The maximum atomic E-state index is 12.4. The van der Waals surface area contributed by atoms with Gasteiger partial charge in [0.05, 0.1) is 17.8 Å². The number of hydrogen-bond acceptors (Lipinski definition) is 4. The maximum absolute atomic E-state index is 12.4. The van der Waals surface area contributed by atoms with Crippen molar-refractivity contribution in [2.75, 3.05) is 32.8 Å². The van der Waals surface area contributed by atoms with E-state index in [1.165, 1.54) is 16.0 Å². The molecule has 4 rings (SSSR count). The fraction of sp³-hybridized carbons (Fsp3) is 0.364. The van der Waals surface area contributed by atoms with Crippen LogP contribution in [0.2, 0.25) is 0 Å². The number of rotatable bonds is 6. The molecule has 0 unspecified atom stereocenters. The van der Waals surface area contributed by atoms with Crippen molar-refractivity contribution in [3.8, 4) is 0 Å². The van der Waals surface area contributed by atoms with Gasteiger partial charge < -0.3 is 0 Å². The first-order chi connectivity index (χ1) is 13.1. The molecule has 0 bridgehead atoms. The van der Waals surface area contributed by atoms with Crippen LogP contribution < -0.4 is 0 Å². The standard InChI is InChI=1S/C22H25N3O2/c1-17-7-2-3-8-18(17)15-24-14-13-23(16-24)11-6-12-25-21(26)19-9-4-5-10-20(19)22(25)27/h2-5,7-10H,6,11-16H2,1H3. The summed E-state index contributed by atoms with van der Waals surface area (Å²) in [7, 11) is 0. The largest absolute Gasteiger partial charge is 0.289 e. The summed E-state index contributed by atoms with van der Waals surface area (Å²) >= 11 is 0. The molecule has 5 nitrogen and oxygen atoms in total. The number of benzene rings is 2. The van der Waals surface area contributed by atoms with Crippen LogP contribution in [0.5, 0.6) is 0 Å².